The lowest BCUT2D eigenvalue weighted by atomic mass is 9.68. The molecule has 0 N–H and O–H groups in total. The Kier molecular flexibility index (Phi) is 4.07. The average molecular weight is 228 g/mol. The van der Waals surface area contributed by atoms with E-state index in [-0.39, 0.29) is 11.7 Å². The summed E-state index contributed by atoms with van der Waals surface area (Å²) < 4.78 is 0. The molecular weight excluding hydrogens is 200 g/mol. The van der Waals surface area contributed by atoms with Crippen LogP contribution < -0.4 is 0 Å². The smallest absolute Gasteiger partial charge is 0.198 e. The van der Waals surface area contributed by atoms with Crippen molar-refractivity contribution >= 4 is 0 Å². The normalized spacial score (nSPS) is 21.9. The third kappa shape index (κ3) is 3.74. The highest BCUT2D eigenvalue weighted by Gasteiger charge is 2.44. The van der Waals surface area contributed by atoms with Crippen LogP contribution in [0.5, 0.6) is 0 Å². The van der Waals surface area contributed by atoms with E-state index < -0.39 is 0 Å². The Morgan fingerprint density at radius 1 is 0.938 bits per heavy atom. The minimum absolute atomic E-state index is 0.0383. The molecule has 2 heteroatoms. The lowest BCUT2D eigenvalue weighted by Gasteiger charge is -2.36. The zero-order chi connectivity index (χ0) is 12.6. The van der Waals surface area contributed by atoms with E-state index >= 15 is 0 Å². The zero-order valence-electron chi connectivity index (χ0n) is 12.0. The second-order valence-electron chi connectivity index (χ2n) is 7.24. The molecule has 2 atom stereocenters. The van der Waals surface area contributed by atoms with Crippen molar-refractivity contribution in [2.24, 2.45) is 22.7 Å². The van der Waals surface area contributed by atoms with Crippen LogP contribution in [-0.4, -0.2) is 6.29 Å². The molecule has 0 spiro atoms. The van der Waals surface area contributed by atoms with Crippen LogP contribution in [0.4, 0.5) is 0 Å². The molecule has 0 bridgehead atoms. The van der Waals surface area contributed by atoms with Crippen LogP contribution in [0.25, 0.3) is 0 Å². The maximum atomic E-state index is 5.06. The van der Waals surface area contributed by atoms with Crippen LogP contribution in [-0.2, 0) is 9.78 Å². The molecular formula is C14H28O2. The van der Waals surface area contributed by atoms with Crippen molar-refractivity contribution < 1.29 is 9.78 Å². The summed E-state index contributed by atoms with van der Waals surface area (Å²) in [4.78, 5) is 10.1. The van der Waals surface area contributed by atoms with Gasteiger partial charge in [-0.1, -0.05) is 54.9 Å². The van der Waals surface area contributed by atoms with Crippen molar-refractivity contribution in [1.29, 1.82) is 0 Å². The van der Waals surface area contributed by atoms with Gasteiger partial charge in [0.2, 0.25) is 6.29 Å². The van der Waals surface area contributed by atoms with Crippen LogP contribution in [0.3, 0.4) is 0 Å². The van der Waals surface area contributed by atoms with Crippen LogP contribution >= 0.6 is 0 Å². The molecule has 0 amide bonds. The van der Waals surface area contributed by atoms with Gasteiger partial charge < -0.3 is 0 Å². The molecule has 1 heterocycles. The zero-order valence-corrected chi connectivity index (χ0v) is 12.0. The van der Waals surface area contributed by atoms with Gasteiger partial charge in [0.1, 0.15) is 0 Å². The molecule has 1 rings (SSSR count). The van der Waals surface area contributed by atoms with Gasteiger partial charge in [-0.05, 0) is 23.2 Å². The van der Waals surface area contributed by atoms with Crippen LogP contribution in [0.15, 0.2) is 0 Å². The number of hydrogen-bond acceptors (Lipinski definition) is 2. The van der Waals surface area contributed by atoms with E-state index in [1.165, 1.54) is 12.8 Å². The Morgan fingerprint density at radius 2 is 1.44 bits per heavy atom. The number of hydrogen-bond donors (Lipinski definition) is 0. The molecule has 0 saturated carbocycles. The molecule has 1 fully saturated rings. The largest absolute Gasteiger partial charge is 0.227 e. The number of rotatable bonds is 4. The van der Waals surface area contributed by atoms with E-state index in [0.29, 0.717) is 11.3 Å². The maximum Gasteiger partial charge on any atom is 0.227 e. The molecule has 1 saturated heterocycles. The second-order valence-corrected chi connectivity index (χ2v) is 7.24. The average Bonchev–Trinajstić information content (AvgIpc) is 2.84. The van der Waals surface area contributed by atoms with Gasteiger partial charge in [0.05, 0.1) is 0 Å². The van der Waals surface area contributed by atoms with Gasteiger partial charge in [-0.3, -0.25) is 0 Å². The van der Waals surface area contributed by atoms with E-state index in [1.807, 2.05) is 0 Å². The molecule has 0 aromatic carbocycles. The standard InChI is InChI=1S/C14H28O2/c1-8-10(13(2,3)4)9-11(12-15-16-12)14(5,6)7/h10-12H,8-9H2,1-7H3. The first-order valence-corrected chi connectivity index (χ1v) is 6.48. The topological polar surface area (TPSA) is 25.1 Å². The quantitative estimate of drug-likeness (QED) is 0.526. The summed E-state index contributed by atoms with van der Waals surface area (Å²) in [6.45, 7) is 16.1. The molecule has 1 aliphatic rings. The first kappa shape index (κ1) is 14.0. The summed E-state index contributed by atoms with van der Waals surface area (Å²) in [6, 6.07) is 0. The predicted molar refractivity (Wildman–Crippen MR) is 66.8 cm³/mol. The lowest BCUT2D eigenvalue weighted by molar-refractivity contribution is 0.0850. The Labute approximate surface area is 101 Å². The van der Waals surface area contributed by atoms with Crippen LogP contribution in [0.2, 0.25) is 0 Å². The SMILES string of the molecule is CCC(CC(C1OO1)C(C)(C)C)C(C)(C)C. The summed E-state index contributed by atoms with van der Waals surface area (Å²) in [5.41, 5.74) is 0.618. The Bertz CT molecular complexity index is 218. The van der Waals surface area contributed by atoms with E-state index in [4.69, 9.17) is 9.78 Å². The highest BCUT2D eigenvalue weighted by Crippen LogP contribution is 2.44. The fourth-order valence-corrected chi connectivity index (χ4v) is 2.48. The van der Waals surface area contributed by atoms with Crippen molar-refractivity contribution in [3.8, 4) is 0 Å². The van der Waals surface area contributed by atoms with E-state index in [0.717, 1.165) is 5.92 Å². The van der Waals surface area contributed by atoms with Gasteiger partial charge in [0, 0.05) is 5.92 Å². The summed E-state index contributed by atoms with van der Waals surface area (Å²) in [5, 5.41) is 0. The van der Waals surface area contributed by atoms with Gasteiger partial charge in [0.25, 0.3) is 0 Å². The molecule has 0 radical (unpaired) electrons. The molecule has 2 nitrogen and oxygen atoms in total. The van der Waals surface area contributed by atoms with E-state index in [2.05, 4.69) is 48.5 Å². The molecule has 1 aliphatic heterocycles. The fourth-order valence-electron chi connectivity index (χ4n) is 2.48. The van der Waals surface area contributed by atoms with Crippen molar-refractivity contribution in [2.45, 2.75) is 67.6 Å². The van der Waals surface area contributed by atoms with Gasteiger partial charge in [-0.25, -0.2) is 0 Å². The Morgan fingerprint density at radius 3 is 1.69 bits per heavy atom. The van der Waals surface area contributed by atoms with E-state index in [1.54, 1.807) is 0 Å². The molecule has 2 unspecified atom stereocenters. The minimum Gasteiger partial charge on any atom is -0.198 e. The van der Waals surface area contributed by atoms with Crippen LogP contribution in [0.1, 0.15) is 61.3 Å². The van der Waals surface area contributed by atoms with Gasteiger partial charge in [-0.15, -0.1) is 0 Å². The van der Waals surface area contributed by atoms with Gasteiger partial charge in [-0.2, -0.15) is 9.78 Å². The first-order valence-electron chi connectivity index (χ1n) is 6.48. The molecule has 0 aromatic rings. The molecule has 16 heavy (non-hydrogen) atoms. The van der Waals surface area contributed by atoms with Crippen LogP contribution in [0, 0.1) is 22.7 Å². The monoisotopic (exact) mass is 228 g/mol. The molecule has 0 aliphatic carbocycles. The van der Waals surface area contributed by atoms with Crippen molar-refractivity contribution in [2.75, 3.05) is 0 Å². The highest BCUT2D eigenvalue weighted by atomic mass is 17.4. The molecule has 0 aromatic heterocycles. The molecule has 96 valence electrons. The van der Waals surface area contributed by atoms with Crippen molar-refractivity contribution in [3.63, 3.8) is 0 Å². The summed E-state index contributed by atoms with van der Waals surface area (Å²) in [6.07, 6.45) is 2.45. The lowest BCUT2D eigenvalue weighted by Crippen LogP contribution is -2.31. The predicted octanol–water partition coefficient (Wildman–Crippen LogP) is 4.40. The first-order chi connectivity index (χ1) is 7.16. The summed E-state index contributed by atoms with van der Waals surface area (Å²) in [5.74, 6) is 1.22. The van der Waals surface area contributed by atoms with Crippen molar-refractivity contribution in [3.05, 3.63) is 0 Å². The Balaban J connectivity index is 2.67. The third-order valence-electron chi connectivity index (χ3n) is 3.90. The van der Waals surface area contributed by atoms with Crippen molar-refractivity contribution in [1.82, 2.24) is 0 Å². The Hall–Kier alpha value is -0.0800. The third-order valence-corrected chi connectivity index (χ3v) is 3.90. The fraction of sp³-hybridized carbons (Fsp3) is 1.00. The summed E-state index contributed by atoms with van der Waals surface area (Å²) in [7, 11) is 0. The maximum absolute atomic E-state index is 5.06. The van der Waals surface area contributed by atoms with Gasteiger partial charge in [0.15, 0.2) is 0 Å². The highest BCUT2D eigenvalue weighted by molar-refractivity contribution is 4.84. The van der Waals surface area contributed by atoms with Gasteiger partial charge >= 0.3 is 0 Å². The minimum atomic E-state index is 0.0383. The van der Waals surface area contributed by atoms with E-state index in [9.17, 15) is 0 Å². The second kappa shape index (κ2) is 4.66. The summed E-state index contributed by atoms with van der Waals surface area (Å²) >= 11 is 0.